The molecule has 1 aromatic rings. The first kappa shape index (κ1) is 16.9. The minimum atomic E-state index is -0.0146. The number of nitrogens with zero attached hydrogens (tertiary/aromatic N) is 3. The molecule has 1 aromatic heterocycles. The van der Waals surface area contributed by atoms with Crippen LogP contribution >= 0.6 is 0 Å². The van der Waals surface area contributed by atoms with Gasteiger partial charge in [-0.15, -0.1) is 0 Å². The van der Waals surface area contributed by atoms with Crippen LogP contribution in [0, 0.1) is 0 Å². The van der Waals surface area contributed by atoms with Gasteiger partial charge in [0, 0.05) is 17.9 Å². The predicted octanol–water partition coefficient (Wildman–Crippen LogP) is 2.26. The molecule has 0 aromatic carbocycles. The third-order valence-electron chi connectivity index (χ3n) is 4.22. The van der Waals surface area contributed by atoms with Crippen LogP contribution in [0.4, 0.5) is 0 Å². The molecule has 1 N–H and O–H groups in total. The van der Waals surface area contributed by atoms with Gasteiger partial charge in [-0.3, -0.25) is 4.98 Å². The zero-order valence-corrected chi connectivity index (χ0v) is 13.6. The van der Waals surface area contributed by atoms with Gasteiger partial charge in [0.2, 0.25) is 5.88 Å². The SMILES string of the molecule is CCNC(c1nccnc1OC)C(CC)(CC)N(C)C. The summed E-state index contributed by atoms with van der Waals surface area (Å²) < 4.78 is 5.40. The minimum absolute atomic E-state index is 0.0146. The lowest BCUT2D eigenvalue weighted by Gasteiger charge is -2.45. The average Bonchev–Trinajstić information content (AvgIpc) is 2.47. The molecular formula is C15H28N4O. The van der Waals surface area contributed by atoms with Crippen molar-refractivity contribution in [1.82, 2.24) is 20.2 Å². The number of rotatable bonds is 8. The van der Waals surface area contributed by atoms with Crippen LogP contribution in [0.2, 0.25) is 0 Å². The van der Waals surface area contributed by atoms with Gasteiger partial charge >= 0.3 is 0 Å². The number of methoxy groups -OCH3 is 1. The Morgan fingerprint density at radius 3 is 2.25 bits per heavy atom. The van der Waals surface area contributed by atoms with E-state index >= 15 is 0 Å². The Morgan fingerprint density at radius 1 is 1.20 bits per heavy atom. The summed E-state index contributed by atoms with van der Waals surface area (Å²) >= 11 is 0. The van der Waals surface area contributed by atoms with E-state index in [9.17, 15) is 0 Å². The molecule has 0 bridgehead atoms. The van der Waals surface area contributed by atoms with Crippen molar-refractivity contribution in [3.05, 3.63) is 18.1 Å². The van der Waals surface area contributed by atoms with Crippen molar-refractivity contribution in [2.45, 2.75) is 45.2 Å². The summed E-state index contributed by atoms with van der Waals surface area (Å²) in [5.41, 5.74) is 0.869. The van der Waals surface area contributed by atoms with Gasteiger partial charge in [0.25, 0.3) is 0 Å². The van der Waals surface area contributed by atoms with E-state index in [1.165, 1.54) is 0 Å². The van der Waals surface area contributed by atoms with Crippen molar-refractivity contribution in [2.24, 2.45) is 0 Å². The van der Waals surface area contributed by atoms with Crippen LogP contribution in [0.3, 0.4) is 0 Å². The Morgan fingerprint density at radius 2 is 1.80 bits per heavy atom. The van der Waals surface area contributed by atoms with E-state index in [4.69, 9.17) is 4.74 Å². The molecule has 0 saturated carbocycles. The summed E-state index contributed by atoms with van der Waals surface area (Å²) in [6.07, 6.45) is 5.44. The van der Waals surface area contributed by atoms with Crippen LogP contribution < -0.4 is 10.1 Å². The molecule has 114 valence electrons. The van der Waals surface area contributed by atoms with Crippen molar-refractivity contribution >= 4 is 0 Å². The van der Waals surface area contributed by atoms with Crippen LogP contribution in [-0.2, 0) is 0 Å². The van der Waals surface area contributed by atoms with Gasteiger partial charge in [-0.2, -0.15) is 0 Å². The maximum absolute atomic E-state index is 5.40. The molecule has 0 amide bonds. The molecule has 5 heteroatoms. The number of aromatic nitrogens is 2. The molecule has 0 radical (unpaired) electrons. The minimum Gasteiger partial charge on any atom is -0.480 e. The van der Waals surface area contributed by atoms with Crippen LogP contribution in [0.25, 0.3) is 0 Å². The Bertz CT molecular complexity index is 405. The third kappa shape index (κ3) is 3.10. The van der Waals surface area contributed by atoms with Crippen LogP contribution in [0.5, 0.6) is 5.88 Å². The topological polar surface area (TPSA) is 50.3 Å². The van der Waals surface area contributed by atoms with E-state index in [0.717, 1.165) is 25.1 Å². The number of likely N-dealkylation sites (N-methyl/N-ethyl adjacent to an activating group) is 2. The summed E-state index contributed by atoms with van der Waals surface area (Å²) in [4.78, 5) is 11.1. The molecule has 1 unspecified atom stereocenters. The lowest BCUT2D eigenvalue weighted by Crippen LogP contribution is -2.53. The fraction of sp³-hybridized carbons (Fsp3) is 0.733. The molecule has 0 fully saturated rings. The van der Waals surface area contributed by atoms with Gasteiger partial charge in [0.15, 0.2) is 0 Å². The second-order valence-corrected chi connectivity index (χ2v) is 5.15. The molecule has 0 spiro atoms. The van der Waals surface area contributed by atoms with Gasteiger partial charge in [-0.25, -0.2) is 4.98 Å². The van der Waals surface area contributed by atoms with Gasteiger partial charge < -0.3 is 15.0 Å². The molecular weight excluding hydrogens is 252 g/mol. The zero-order valence-electron chi connectivity index (χ0n) is 13.6. The molecule has 1 heterocycles. The molecule has 1 atom stereocenters. The molecule has 0 aliphatic heterocycles. The van der Waals surface area contributed by atoms with E-state index in [2.05, 4.69) is 55.1 Å². The molecule has 20 heavy (non-hydrogen) atoms. The highest BCUT2D eigenvalue weighted by Crippen LogP contribution is 2.37. The Hall–Kier alpha value is -1.20. The Kier molecular flexibility index (Phi) is 6.36. The Balaban J connectivity index is 3.34. The normalized spacial score (nSPS) is 13.6. The van der Waals surface area contributed by atoms with Gasteiger partial charge in [-0.1, -0.05) is 20.8 Å². The summed E-state index contributed by atoms with van der Waals surface area (Å²) in [5, 5.41) is 3.57. The Labute approximate surface area is 122 Å². The number of nitrogens with one attached hydrogen (secondary N) is 1. The van der Waals surface area contributed by atoms with Crippen molar-refractivity contribution in [2.75, 3.05) is 27.7 Å². The summed E-state index contributed by atoms with van der Waals surface area (Å²) in [5.74, 6) is 0.603. The van der Waals surface area contributed by atoms with Crippen molar-refractivity contribution < 1.29 is 4.74 Å². The van der Waals surface area contributed by atoms with Crippen molar-refractivity contribution in [1.29, 1.82) is 0 Å². The van der Waals surface area contributed by atoms with E-state index in [0.29, 0.717) is 5.88 Å². The highest BCUT2D eigenvalue weighted by Gasteiger charge is 2.40. The summed E-state index contributed by atoms with van der Waals surface area (Å²) in [6, 6.07) is 0.0844. The molecule has 5 nitrogen and oxygen atoms in total. The predicted molar refractivity (Wildman–Crippen MR) is 82.0 cm³/mol. The van der Waals surface area contributed by atoms with E-state index in [1.807, 2.05) is 0 Å². The van der Waals surface area contributed by atoms with Crippen LogP contribution in [0.15, 0.2) is 12.4 Å². The lowest BCUT2D eigenvalue weighted by atomic mass is 9.81. The molecule has 0 saturated heterocycles. The molecule has 0 aliphatic rings. The number of hydrogen-bond donors (Lipinski definition) is 1. The molecule has 0 aliphatic carbocycles. The van der Waals surface area contributed by atoms with Gasteiger partial charge in [0.1, 0.15) is 5.69 Å². The second-order valence-electron chi connectivity index (χ2n) is 5.15. The number of ether oxygens (including phenoxy) is 1. The van der Waals surface area contributed by atoms with Gasteiger partial charge in [-0.05, 0) is 33.5 Å². The first-order valence-electron chi connectivity index (χ1n) is 7.33. The fourth-order valence-electron chi connectivity index (χ4n) is 2.99. The first-order chi connectivity index (χ1) is 9.57. The highest BCUT2D eigenvalue weighted by atomic mass is 16.5. The quantitative estimate of drug-likeness (QED) is 0.791. The monoisotopic (exact) mass is 280 g/mol. The first-order valence-corrected chi connectivity index (χ1v) is 7.33. The van der Waals surface area contributed by atoms with Crippen molar-refractivity contribution in [3.63, 3.8) is 0 Å². The molecule has 1 rings (SSSR count). The summed E-state index contributed by atoms with van der Waals surface area (Å²) in [6.45, 7) is 7.43. The van der Waals surface area contributed by atoms with E-state index in [-0.39, 0.29) is 11.6 Å². The average molecular weight is 280 g/mol. The smallest absolute Gasteiger partial charge is 0.237 e. The lowest BCUT2D eigenvalue weighted by molar-refractivity contribution is 0.0853. The fourth-order valence-corrected chi connectivity index (χ4v) is 2.99. The summed E-state index contributed by atoms with van der Waals surface area (Å²) in [7, 11) is 5.89. The maximum atomic E-state index is 5.40. The zero-order chi connectivity index (χ0) is 15.2. The van der Waals surface area contributed by atoms with Crippen molar-refractivity contribution in [3.8, 4) is 5.88 Å². The van der Waals surface area contributed by atoms with Crippen LogP contribution in [-0.4, -0.2) is 48.2 Å². The van der Waals surface area contributed by atoms with Crippen LogP contribution in [0.1, 0.15) is 45.3 Å². The second kappa shape index (κ2) is 7.55. The third-order valence-corrected chi connectivity index (χ3v) is 4.22. The maximum Gasteiger partial charge on any atom is 0.237 e. The van der Waals surface area contributed by atoms with E-state index in [1.54, 1.807) is 19.5 Å². The largest absolute Gasteiger partial charge is 0.480 e. The highest BCUT2D eigenvalue weighted by molar-refractivity contribution is 5.25. The van der Waals surface area contributed by atoms with E-state index < -0.39 is 0 Å². The standard InChI is InChI=1S/C15H28N4O/c1-7-15(8-2,19(4)5)13(16-9-3)12-14(20-6)18-11-10-17-12/h10-11,13,16H,7-9H2,1-6H3. The number of hydrogen-bond acceptors (Lipinski definition) is 5. The van der Waals surface area contributed by atoms with Gasteiger partial charge in [0.05, 0.1) is 13.2 Å².